The fraction of sp³-hybridized carbons (Fsp3) is 0.737. The minimum atomic E-state index is 0.280. The van der Waals surface area contributed by atoms with E-state index in [4.69, 9.17) is 22.2 Å². The Morgan fingerprint density at radius 1 is 1.08 bits per heavy atom. The molecule has 26 heavy (non-hydrogen) atoms. The van der Waals surface area contributed by atoms with Crippen LogP contribution >= 0.6 is 12.2 Å². The zero-order valence-corrected chi connectivity index (χ0v) is 17.1. The first-order chi connectivity index (χ1) is 12.5. The van der Waals surface area contributed by atoms with Gasteiger partial charge in [-0.05, 0) is 71.5 Å². The maximum atomic E-state index is 5.41. The summed E-state index contributed by atoms with van der Waals surface area (Å²) in [5, 5.41) is 6.98. The van der Waals surface area contributed by atoms with Crippen LogP contribution in [0.3, 0.4) is 0 Å². The molecule has 0 bridgehead atoms. The Labute approximate surface area is 162 Å². The summed E-state index contributed by atoms with van der Waals surface area (Å²) >= 11 is 5.41. The molecule has 3 heterocycles. The van der Waals surface area contributed by atoms with E-state index >= 15 is 0 Å². The van der Waals surface area contributed by atoms with E-state index in [-0.39, 0.29) is 6.04 Å². The molecule has 2 aliphatic heterocycles. The van der Waals surface area contributed by atoms with Crippen molar-refractivity contribution in [3.63, 3.8) is 0 Å². The van der Waals surface area contributed by atoms with E-state index in [9.17, 15) is 0 Å². The number of nitrogens with one attached hydrogen (secondary N) is 2. The Morgan fingerprint density at radius 2 is 1.77 bits per heavy atom. The highest BCUT2D eigenvalue weighted by Gasteiger charge is 2.23. The van der Waals surface area contributed by atoms with Crippen LogP contribution in [0.15, 0.2) is 6.07 Å². The van der Waals surface area contributed by atoms with Gasteiger partial charge in [0.15, 0.2) is 5.11 Å². The quantitative estimate of drug-likeness (QED) is 0.780. The van der Waals surface area contributed by atoms with Gasteiger partial charge in [0.2, 0.25) is 5.95 Å². The van der Waals surface area contributed by atoms with Crippen molar-refractivity contribution in [1.29, 1.82) is 0 Å². The number of rotatable bonds is 4. The van der Waals surface area contributed by atoms with Gasteiger partial charge in [0.1, 0.15) is 11.6 Å². The van der Waals surface area contributed by atoms with E-state index in [1.807, 2.05) is 0 Å². The average Bonchev–Trinajstić information content (AvgIpc) is 2.62. The van der Waals surface area contributed by atoms with E-state index in [1.165, 1.54) is 38.5 Å². The molecule has 1 unspecified atom stereocenters. The second kappa shape index (κ2) is 8.84. The van der Waals surface area contributed by atoms with Crippen molar-refractivity contribution in [3.8, 4) is 0 Å². The number of aromatic nitrogens is 2. The van der Waals surface area contributed by atoms with Crippen molar-refractivity contribution < 1.29 is 0 Å². The Bertz CT molecular complexity index is 614. The first kappa shape index (κ1) is 19.1. The molecule has 0 saturated carbocycles. The van der Waals surface area contributed by atoms with Gasteiger partial charge in [0.25, 0.3) is 0 Å². The lowest BCUT2D eigenvalue weighted by molar-refractivity contribution is 0.481. The van der Waals surface area contributed by atoms with Crippen molar-refractivity contribution >= 4 is 34.9 Å². The number of anilines is 3. The second-order valence-corrected chi connectivity index (χ2v) is 8.16. The van der Waals surface area contributed by atoms with Gasteiger partial charge in [-0.25, -0.2) is 0 Å². The van der Waals surface area contributed by atoms with E-state index in [1.54, 1.807) is 0 Å². The molecule has 1 atom stereocenters. The van der Waals surface area contributed by atoms with Crippen molar-refractivity contribution in [1.82, 2.24) is 15.3 Å². The summed E-state index contributed by atoms with van der Waals surface area (Å²) in [4.78, 5) is 14.4. The molecule has 2 saturated heterocycles. The monoisotopic (exact) mass is 376 g/mol. The molecular formula is C19H32N6S. The van der Waals surface area contributed by atoms with E-state index < -0.39 is 0 Å². The highest BCUT2D eigenvalue weighted by atomic mass is 32.1. The van der Waals surface area contributed by atoms with Crippen molar-refractivity contribution in [2.75, 3.05) is 34.8 Å². The number of piperidine rings is 2. The first-order valence-electron chi connectivity index (χ1n) is 10.0. The van der Waals surface area contributed by atoms with Gasteiger partial charge < -0.3 is 20.4 Å². The Morgan fingerprint density at radius 3 is 2.46 bits per heavy atom. The van der Waals surface area contributed by atoms with Crippen molar-refractivity contribution in [2.45, 2.75) is 71.4 Å². The van der Waals surface area contributed by atoms with Crippen LogP contribution in [0.5, 0.6) is 0 Å². The lowest BCUT2D eigenvalue weighted by Gasteiger charge is -2.35. The van der Waals surface area contributed by atoms with Crippen LogP contribution in [-0.2, 0) is 0 Å². The van der Waals surface area contributed by atoms with E-state index in [2.05, 4.69) is 47.3 Å². The summed E-state index contributed by atoms with van der Waals surface area (Å²) in [6.07, 6.45) is 7.52. The zero-order valence-electron chi connectivity index (χ0n) is 16.3. The largest absolute Gasteiger partial charge is 0.360 e. The van der Waals surface area contributed by atoms with Crippen LogP contribution < -0.4 is 20.4 Å². The minimum absolute atomic E-state index is 0.280. The Kier molecular flexibility index (Phi) is 6.51. The maximum absolute atomic E-state index is 5.41. The highest BCUT2D eigenvalue weighted by Crippen LogP contribution is 2.28. The fourth-order valence-corrected chi connectivity index (χ4v) is 4.08. The van der Waals surface area contributed by atoms with Crippen LogP contribution in [-0.4, -0.2) is 46.8 Å². The minimum Gasteiger partial charge on any atom is -0.360 e. The topological polar surface area (TPSA) is 56.3 Å². The van der Waals surface area contributed by atoms with Gasteiger partial charge in [-0.2, -0.15) is 9.97 Å². The molecule has 2 N–H and O–H groups in total. The Hall–Kier alpha value is -1.63. The lowest BCUT2D eigenvalue weighted by Crippen LogP contribution is -2.39. The number of hydrogen-bond acceptors (Lipinski definition) is 5. The number of nitrogens with zero attached hydrogens (tertiary/aromatic N) is 4. The molecule has 1 aromatic heterocycles. The van der Waals surface area contributed by atoms with Crippen LogP contribution in [0.25, 0.3) is 0 Å². The molecule has 2 aliphatic rings. The molecule has 6 nitrogen and oxygen atoms in total. The average molecular weight is 377 g/mol. The molecule has 0 aromatic carbocycles. The van der Waals surface area contributed by atoms with Gasteiger partial charge >= 0.3 is 0 Å². The van der Waals surface area contributed by atoms with Gasteiger partial charge in [-0.15, -0.1) is 0 Å². The van der Waals surface area contributed by atoms with Gasteiger partial charge in [0.05, 0.1) is 0 Å². The standard InChI is InChI=1S/C19H32N6S/c1-14(2)20-19(26)23-18-21-16(24-10-6-4-7-11-24)13-17(22-18)25-12-8-5-9-15(25)3/h13-15H,4-12H2,1-3H3,(H2,20,21,22,23,26). The molecule has 3 rings (SSSR count). The van der Waals surface area contributed by atoms with Gasteiger partial charge in [-0.3, -0.25) is 0 Å². The predicted molar refractivity (Wildman–Crippen MR) is 113 cm³/mol. The lowest BCUT2D eigenvalue weighted by atomic mass is 10.0. The summed E-state index contributed by atoms with van der Waals surface area (Å²) in [6, 6.07) is 2.96. The summed E-state index contributed by atoms with van der Waals surface area (Å²) in [7, 11) is 0. The summed E-state index contributed by atoms with van der Waals surface area (Å²) in [5.74, 6) is 2.63. The number of thiocarbonyl (C=S) groups is 1. The molecule has 0 radical (unpaired) electrons. The SMILES string of the molecule is CC(C)NC(=S)Nc1nc(N2CCCCC2)cc(N2CCCCC2C)n1. The predicted octanol–water partition coefficient (Wildman–Crippen LogP) is 3.54. The van der Waals surface area contributed by atoms with Crippen molar-refractivity contribution in [3.05, 3.63) is 6.07 Å². The third kappa shape index (κ3) is 4.96. The summed E-state index contributed by atoms with van der Waals surface area (Å²) in [5.41, 5.74) is 0. The molecule has 2 fully saturated rings. The van der Waals surface area contributed by atoms with Crippen LogP contribution in [0, 0.1) is 0 Å². The van der Waals surface area contributed by atoms with Crippen LogP contribution in [0.4, 0.5) is 17.6 Å². The second-order valence-electron chi connectivity index (χ2n) is 7.75. The fourth-order valence-electron chi connectivity index (χ4n) is 3.75. The zero-order chi connectivity index (χ0) is 18.5. The summed E-state index contributed by atoms with van der Waals surface area (Å²) in [6.45, 7) is 9.63. The molecule has 7 heteroatoms. The van der Waals surface area contributed by atoms with Crippen molar-refractivity contribution in [2.24, 2.45) is 0 Å². The molecular weight excluding hydrogens is 344 g/mol. The van der Waals surface area contributed by atoms with E-state index in [0.29, 0.717) is 17.1 Å². The third-order valence-electron chi connectivity index (χ3n) is 5.12. The third-order valence-corrected chi connectivity index (χ3v) is 5.34. The highest BCUT2D eigenvalue weighted by molar-refractivity contribution is 7.80. The molecule has 144 valence electrons. The smallest absolute Gasteiger partial charge is 0.232 e. The van der Waals surface area contributed by atoms with Crippen LogP contribution in [0.1, 0.15) is 59.3 Å². The van der Waals surface area contributed by atoms with Gasteiger partial charge in [-0.1, -0.05) is 0 Å². The van der Waals surface area contributed by atoms with E-state index in [0.717, 1.165) is 31.3 Å². The molecule has 0 aliphatic carbocycles. The number of hydrogen-bond donors (Lipinski definition) is 2. The van der Waals surface area contributed by atoms with Gasteiger partial charge in [0, 0.05) is 37.8 Å². The molecule has 0 amide bonds. The normalized spacial score (nSPS) is 21.0. The van der Waals surface area contributed by atoms with Crippen LogP contribution in [0.2, 0.25) is 0 Å². The first-order valence-corrected chi connectivity index (χ1v) is 10.4. The Balaban J connectivity index is 1.86. The maximum Gasteiger partial charge on any atom is 0.232 e. The molecule has 1 aromatic rings. The molecule has 0 spiro atoms. The summed E-state index contributed by atoms with van der Waals surface area (Å²) < 4.78 is 0.